The zero-order valence-corrected chi connectivity index (χ0v) is 12.9. The minimum Gasteiger partial charge on any atom is -1.00 e. The van der Waals surface area contributed by atoms with Gasteiger partial charge in [0, 0.05) is 0 Å². The summed E-state index contributed by atoms with van der Waals surface area (Å²) >= 11 is 18.7. The predicted octanol–water partition coefficient (Wildman–Crippen LogP) is 0.698. The van der Waals surface area contributed by atoms with Crippen LogP contribution in [0.2, 0.25) is 15.1 Å². The van der Waals surface area contributed by atoms with E-state index >= 15 is 0 Å². The second-order valence-electron chi connectivity index (χ2n) is 2.07. The third-order valence-electron chi connectivity index (χ3n) is 1.39. The van der Waals surface area contributed by atoms with Crippen molar-refractivity contribution in [2.24, 2.45) is 0 Å². The third kappa shape index (κ3) is 2.85. The van der Waals surface area contributed by atoms with Crippen LogP contribution in [0.5, 0.6) is 0 Å². The molecule has 0 fully saturated rings. The van der Waals surface area contributed by atoms with Crippen molar-refractivity contribution in [1.29, 1.82) is 0 Å². The van der Waals surface area contributed by atoms with Crippen molar-refractivity contribution >= 4 is 34.8 Å². The fourth-order valence-corrected chi connectivity index (χ4v) is 3.29. The van der Waals surface area contributed by atoms with Crippen LogP contribution in [0.3, 0.4) is 0 Å². The molecule has 1 aromatic rings. The van der Waals surface area contributed by atoms with Gasteiger partial charge in [-0.3, -0.25) is 0 Å². The van der Waals surface area contributed by atoms with Gasteiger partial charge in [0.05, 0.1) is 0 Å². The molecule has 0 amide bonds. The number of halogens is 4. The van der Waals surface area contributed by atoms with Crippen molar-refractivity contribution in [2.75, 3.05) is 0 Å². The van der Waals surface area contributed by atoms with Gasteiger partial charge in [-0.1, -0.05) is 0 Å². The van der Waals surface area contributed by atoms with Crippen molar-refractivity contribution in [3.8, 4) is 0 Å². The molecule has 0 N–H and O–H groups in total. The van der Waals surface area contributed by atoms with Crippen LogP contribution in [0.25, 0.3) is 0 Å². The Hall–Kier alpha value is 1.19. The molecule has 62 valence electrons. The van der Waals surface area contributed by atoms with Crippen molar-refractivity contribution in [1.82, 2.24) is 0 Å². The van der Waals surface area contributed by atoms with E-state index in [1.54, 1.807) is 12.1 Å². The van der Waals surface area contributed by atoms with E-state index in [1.807, 2.05) is 0 Å². The molecule has 12 heavy (non-hydrogen) atoms. The zero-order chi connectivity index (χ0) is 8.43. The Morgan fingerprint density at radius 2 is 1.58 bits per heavy atom. The van der Waals surface area contributed by atoms with Crippen LogP contribution in [0.1, 0.15) is 5.56 Å². The van der Waals surface area contributed by atoms with Gasteiger partial charge < -0.3 is 17.0 Å². The van der Waals surface area contributed by atoms with Crippen LogP contribution in [-0.4, -0.2) is 0 Å². The summed E-state index contributed by atoms with van der Waals surface area (Å²) in [5.74, 6) is 0. The van der Waals surface area contributed by atoms with Gasteiger partial charge in [0.25, 0.3) is 0 Å². The van der Waals surface area contributed by atoms with Crippen molar-refractivity contribution in [3.05, 3.63) is 32.8 Å². The van der Waals surface area contributed by atoms with E-state index in [9.17, 15) is 0 Å². The Morgan fingerprint density at radius 1 is 1.08 bits per heavy atom. The SMILES string of the molecule is Clc1ccc(Cl)c([CH2][Zn+])c1Cl.[Br-]. The number of hydrogen-bond donors (Lipinski definition) is 0. The maximum absolute atomic E-state index is 5.90. The van der Waals surface area contributed by atoms with E-state index in [-0.39, 0.29) is 17.0 Å². The molecule has 0 aliphatic rings. The molecule has 0 spiro atoms. The number of rotatable bonds is 1. The maximum Gasteiger partial charge on any atom is -1.00 e. The van der Waals surface area contributed by atoms with Gasteiger partial charge in [-0.15, -0.1) is 0 Å². The zero-order valence-electron chi connectivity index (χ0n) is 6.08. The van der Waals surface area contributed by atoms with Crippen LogP contribution in [0.15, 0.2) is 12.1 Å². The van der Waals surface area contributed by atoms with Crippen molar-refractivity contribution < 1.29 is 35.3 Å². The van der Waals surface area contributed by atoms with E-state index in [1.165, 1.54) is 0 Å². The molecular weight excluding hydrogens is 336 g/mol. The smallest absolute Gasteiger partial charge is 1.00 e. The third-order valence-corrected chi connectivity index (χ3v) is 3.64. The summed E-state index contributed by atoms with van der Waals surface area (Å²) in [6.45, 7) is 0. The van der Waals surface area contributed by atoms with Crippen LogP contribution < -0.4 is 17.0 Å². The largest absolute Gasteiger partial charge is 1.00 e. The molecule has 0 aliphatic carbocycles. The average molecular weight is 340 g/mol. The first-order valence-electron chi connectivity index (χ1n) is 3.08. The first kappa shape index (κ1) is 13.2. The summed E-state index contributed by atoms with van der Waals surface area (Å²) in [5, 5.41) is 2.83. The molecule has 0 nitrogen and oxygen atoms in total. The van der Waals surface area contributed by atoms with Gasteiger partial charge in [-0.2, -0.15) is 0 Å². The summed E-state index contributed by atoms with van der Waals surface area (Å²) in [4.78, 5) is 0. The summed E-state index contributed by atoms with van der Waals surface area (Å²) in [6.07, 6.45) is 0. The Balaban J connectivity index is 0.00000121. The average Bonchev–Trinajstić information content (AvgIpc) is 1.99. The molecule has 0 saturated carbocycles. The van der Waals surface area contributed by atoms with Gasteiger partial charge >= 0.3 is 90.9 Å². The van der Waals surface area contributed by atoms with Crippen molar-refractivity contribution in [2.45, 2.75) is 5.02 Å². The van der Waals surface area contributed by atoms with Crippen LogP contribution in [-0.2, 0) is 23.3 Å². The second-order valence-corrected chi connectivity index (χ2v) is 4.31. The molecule has 0 saturated heterocycles. The Morgan fingerprint density at radius 3 is 2.00 bits per heavy atom. The van der Waals surface area contributed by atoms with E-state index in [2.05, 4.69) is 0 Å². The number of hydrogen-bond acceptors (Lipinski definition) is 0. The van der Waals surface area contributed by atoms with Crippen LogP contribution in [0, 0.1) is 0 Å². The molecule has 1 aromatic carbocycles. The second kappa shape index (κ2) is 5.83. The van der Waals surface area contributed by atoms with Crippen LogP contribution in [0.4, 0.5) is 0 Å². The molecule has 0 heterocycles. The number of benzene rings is 1. The summed E-state index contributed by atoms with van der Waals surface area (Å²) in [6, 6.07) is 3.49. The fraction of sp³-hybridized carbons (Fsp3) is 0.143. The first-order valence-corrected chi connectivity index (χ1v) is 6.31. The molecule has 0 atom stereocenters. The summed E-state index contributed by atoms with van der Waals surface area (Å²) in [5.41, 5.74) is 0.973. The van der Waals surface area contributed by atoms with Gasteiger partial charge in [-0.25, -0.2) is 0 Å². The van der Waals surface area contributed by atoms with E-state index in [0.29, 0.717) is 15.1 Å². The van der Waals surface area contributed by atoms with Gasteiger partial charge in [0.15, 0.2) is 0 Å². The molecular formula is C7H4BrCl3Zn. The molecule has 1 rings (SSSR count). The normalized spacial score (nSPS) is 9.42. The van der Waals surface area contributed by atoms with Gasteiger partial charge in [0.2, 0.25) is 0 Å². The van der Waals surface area contributed by atoms with E-state index in [0.717, 1.165) is 28.9 Å². The predicted molar refractivity (Wildman–Crippen MR) is 45.2 cm³/mol. The molecule has 0 aliphatic heterocycles. The molecule has 0 unspecified atom stereocenters. The summed E-state index contributed by atoms with van der Waals surface area (Å²) < 4.78 is 0. The van der Waals surface area contributed by atoms with Gasteiger partial charge in [-0.05, 0) is 0 Å². The van der Waals surface area contributed by atoms with E-state index < -0.39 is 0 Å². The minimum atomic E-state index is 0. The Kier molecular flexibility index (Phi) is 6.41. The molecule has 5 heteroatoms. The molecule has 0 bridgehead atoms. The van der Waals surface area contributed by atoms with Crippen LogP contribution >= 0.6 is 34.8 Å². The maximum atomic E-state index is 5.90. The Labute approximate surface area is 107 Å². The standard InChI is InChI=1S/C7H4Cl3.BrH.Zn/c1-4-5(8)2-3-6(9)7(4)10;;/h2-3H,1H2;1H;/q;;+1/p-1. The Bertz CT molecular complexity index is 278. The summed E-state index contributed by atoms with van der Waals surface area (Å²) in [7, 11) is 0. The fourth-order valence-electron chi connectivity index (χ4n) is 0.798. The topological polar surface area (TPSA) is 0 Å². The monoisotopic (exact) mass is 336 g/mol. The molecule has 0 aromatic heterocycles. The van der Waals surface area contributed by atoms with Crippen molar-refractivity contribution in [3.63, 3.8) is 0 Å². The first-order chi connectivity index (χ1) is 5.16. The van der Waals surface area contributed by atoms with Gasteiger partial charge in [0.1, 0.15) is 0 Å². The quantitative estimate of drug-likeness (QED) is 0.522. The molecule has 0 radical (unpaired) electrons. The van der Waals surface area contributed by atoms with E-state index in [4.69, 9.17) is 34.8 Å². The minimum absolute atomic E-state index is 0.